The predicted molar refractivity (Wildman–Crippen MR) is 70.6 cm³/mol. The molecule has 2 N–H and O–H groups in total. The molecule has 1 aliphatic heterocycles. The van der Waals surface area contributed by atoms with Crippen molar-refractivity contribution in [1.82, 2.24) is 5.43 Å². The summed E-state index contributed by atoms with van der Waals surface area (Å²) in [6.07, 6.45) is 1.78. The van der Waals surface area contributed by atoms with Gasteiger partial charge in [-0.2, -0.15) is 5.10 Å². The summed E-state index contributed by atoms with van der Waals surface area (Å²) in [5.74, 6) is -0.782. The fourth-order valence-electron chi connectivity index (χ4n) is 1.82. The molecule has 19 heavy (non-hydrogen) atoms. The maximum absolute atomic E-state index is 11.6. The van der Waals surface area contributed by atoms with Crippen molar-refractivity contribution < 1.29 is 18.3 Å². The summed E-state index contributed by atoms with van der Waals surface area (Å²) in [5.41, 5.74) is 3.05. The number of carbonyl (C=O) groups is 1. The lowest BCUT2D eigenvalue weighted by Gasteiger charge is -2.04. The largest absolute Gasteiger partial charge is 0.508 e. The van der Waals surface area contributed by atoms with Crippen molar-refractivity contribution in [3.05, 3.63) is 29.8 Å². The van der Waals surface area contributed by atoms with E-state index in [0.29, 0.717) is 6.42 Å². The lowest BCUT2D eigenvalue weighted by molar-refractivity contribution is -0.124. The lowest BCUT2D eigenvalue weighted by atomic mass is 10.1. The first-order valence-corrected chi connectivity index (χ1v) is 7.61. The zero-order valence-electron chi connectivity index (χ0n) is 10.1. The van der Waals surface area contributed by atoms with Crippen molar-refractivity contribution >= 4 is 22.0 Å². The molecule has 0 saturated carbocycles. The van der Waals surface area contributed by atoms with Crippen molar-refractivity contribution in [1.29, 1.82) is 0 Å². The maximum atomic E-state index is 11.6. The third-order valence-electron chi connectivity index (χ3n) is 2.88. The van der Waals surface area contributed by atoms with E-state index < -0.39 is 15.8 Å². The summed E-state index contributed by atoms with van der Waals surface area (Å²) in [6, 6.07) is 6.30. The number of rotatable bonds is 3. The highest BCUT2D eigenvalue weighted by atomic mass is 32.2. The number of nitrogens with one attached hydrogen (secondary N) is 1. The van der Waals surface area contributed by atoms with E-state index in [-0.39, 0.29) is 23.2 Å². The molecule has 1 amide bonds. The molecule has 1 aromatic carbocycles. The molecule has 1 aromatic rings. The smallest absolute Gasteiger partial charge is 0.244 e. The summed E-state index contributed by atoms with van der Waals surface area (Å²) in [5, 5.41) is 12.9. The van der Waals surface area contributed by atoms with Crippen molar-refractivity contribution in [2.24, 2.45) is 11.0 Å². The molecule has 2 rings (SSSR count). The second-order valence-electron chi connectivity index (χ2n) is 4.43. The Labute approximate surface area is 111 Å². The number of carbonyl (C=O) groups excluding carboxylic acids is 1. The molecule has 0 aliphatic carbocycles. The highest BCUT2D eigenvalue weighted by molar-refractivity contribution is 7.91. The van der Waals surface area contributed by atoms with Gasteiger partial charge in [-0.3, -0.25) is 4.79 Å². The van der Waals surface area contributed by atoms with Crippen LogP contribution in [0.3, 0.4) is 0 Å². The van der Waals surface area contributed by atoms with Crippen LogP contribution >= 0.6 is 0 Å². The zero-order valence-corrected chi connectivity index (χ0v) is 10.9. The fraction of sp³-hybridized carbons (Fsp3) is 0.333. The molecule has 102 valence electrons. The molecule has 1 heterocycles. The van der Waals surface area contributed by atoms with Crippen LogP contribution in [0, 0.1) is 5.92 Å². The van der Waals surface area contributed by atoms with E-state index in [1.807, 2.05) is 0 Å². The Morgan fingerprint density at radius 3 is 2.63 bits per heavy atom. The molecule has 0 aromatic heterocycles. The number of hydrazone groups is 1. The maximum Gasteiger partial charge on any atom is 0.244 e. The van der Waals surface area contributed by atoms with Crippen LogP contribution in [-0.2, 0) is 14.6 Å². The lowest BCUT2D eigenvalue weighted by Crippen LogP contribution is -2.27. The number of benzene rings is 1. The Hall–Kier alpha value is -1.89. The average molecular weight is 282 g/mol. The topological polar surface area (TPSA) is 95.8 Å². The molecule has 0 radical (unpaired) electrons. The molecule has 7 heteroatoms. The monoisotopic (exact) mass is 282 g/mol. The predicted octanol–water partition coefficient (Wildman–Crippen LogP) is 0.277. The molecule has 1 aliphatic rings. The van der Waals surface area contributed by atoms with Gasteiger partial charge in [-0.25, -0.2) is 13.8 Å². The van der Waals surface area contributed by atoms with Gasteiger partial charge in [-0.05, 0) is 36.2 Å². The van der Waals surface area contributed by atoms with Gasteiger partial charge < -0.3 is 5.11 Å². The van der Waals surface area contributed by atoms with E-state index in [4.69, 9.17) is 5.11 Å². The molecule has 1 saturated heterocycles. The van der Waals surface area contributed by atoms with Gasteiger partial charge >= 0.3 is 0 Å². The number of hydrogen-bond acceptors (Lipinski definition) is 5. The van der Waals surface area contributed by atoms with Crippen LogP contribution in [0.2, 0.25) is 0 Å². The van der Waals surface area contributed by atoms with E-state index in [2.05, 4.69) is 10.5 Å². The summed E-state index contributed by atoms with van der Waals surface area (Å²) in [6.45, 7) is 0. The first-order chi connectivity index (χ1) is 8.96. The summed E-state index contributed by atoms with van der Waals surface area (Å²) in [4.78, 5) is 11.6. The summed E-state index contributed by atoms with van der Waals surface area (Å²) >= 11 is 0. The van der Waals surface area contributed by atoms with Gasteiger partial charge in [0, 0.05) is 0 Å². The molecular formula is C12H14N2O4S. The van der Waals surface area contributed by atoms with Gasteiger partial charge in [0.1, 0.15) is 5.75 Å². The second-order valence-corrected chi connectivity index (χ2v) is 6.65. The van der Waals surface area contributed by atoms with Crippen molar-refractivity contribution in [2.75, 3.05) is 11.5 Å². The van der Waals surface area contributed by atoms with Crippen molar-refractivity contribution in [2.45, 2.75) is 6.42 Å². The first kappa shape index (κ1) is 13.5. The van der Waals surface area contributed by atoms with Crippen LogP contribution in [-0.4, -0.2) is 37.2 Å². The fourth-order valence-corrected chi connectivity index (χ4v) is 3.57. The quantitative estimate of drug-likeness (QED) is 0.614. The molecule has 0 bridgehead atoms. The Morgan fingerprint density at radius 1 is 1.37 bits per heavy atom. The number of amides is 1. The number of sulfone groups is 1. The van der Waals surface area contributed by atoms with E-state index >= 15 is 0 Å². The van der Waals surface area contributed by atoms with Crippen molar-refractivity contribution in [3.63, 3.8) is 0 Å². The molecule has 1 fully saturated rings. The molecule has 1 atom stereocenters. The Kier molecular flexibility index (Phi) is 3.84. The van der Waals surface area contributed by atoms with Gasteiger partial charge in [0.2, 0.25) is 5.91 Å². The molecular weight excluding hydrogens is 268 g/mol. The molecule has 6 nitrogen and oxygen atoms in total. The summed E-state index contributed by atoms with van der Waals surface area (Å²) < 4.78 is 22.5. The van der Waals surface area contributed by atoms with E-state index in [0.717, 1.165) is 5.56 Å². The SMILES string of the molecule is O=C(N/N=C/c1ccc(O)cc1)[C@@H]1CCS(=O)(=O)C1. The number of aromatic hydroxyl groups is 1. The van der Waals surface area contributed by atoms with E-state index in [1.165, 1.54) is 18.3 Å². The highest BCUT2D eigenvalue weighted by Crippen LogP contribution is 2.18. The van der Waals surface area contributed by atoms with Gasteiger partial charge in [-0.1, -0.05) is 0 Å². The third-order valence-corrected chi connectivity index (χ3v) is 4.65. The van der Waals surface area contributed by atoms with Crippen LogP contribution in [0.15, 0.2) is 29.4 Å². The van der Waals surface area contributed by atoms with Crippen LogP contribution in [0.5, 0.6) is 5.75 Å². The second kappa shape index (κ2) is 5.40. The number of phenols is 1. The zero-order chi connectivity index (χ0) is 13.9. The van der Waals surface area contributed by atoms with Crippen LogP contribution in [0.1, 0.15) is 12.0 Å². The first-order valence-electron chi connectivity index (χ1n) is 5.79. The minimum absolute atomic E-state index is 0.0623. The number of nitrogens with zero attached hydrogens (tertiary/aromatic N) is 1. The highest BCUT2D eigenvalue weighted by Gasteiger charge is 2.32. The standard InChI is InChI=1S/C12H14N2O4S/c15-11-3-1-9(2-4-11)7-13-14-12(16)10-5-6-19(17,18)8-10/h1-4,7,10,15H,5-6,8H2,(H,14,16)/b13-7+/t10-/m1/s1. The minimum Gasteiger partial charge on any atom is -0.508 e. The minimum atomic E-state index is -3.06. The van der Waals surface area contributed by atoms with Gasteiger partial charge in [0.05, 0.1) is 23.6 Å². The third kappa shape index (κ3) is 3.78. The molecule has 0 spiro atoms. The van der Waals surface area contributed by atoms with Crippen molar-refractivity contribution in [3.8, 4) is 5.75 Å². The van der Waals surface area contributed by atoms with E-state index in [9.17, 15) is 13.2 Å². The summed E-state index contributed by atoms with van der Waals surface area (Å²) in [7, 11) is -3.06. The normalized spacial score (nSPS) is 21.6. The van der Waals surface area contributed by atoms with Crippen LogP contribution in [0.25, 0.3) is 0 Å². The Bertz CT molecular complexity index is 593. The Balaban J connectivity index is 1.89. The number of hydrogen-bond donors (Lipinski definition) is 2. The van der Waals surface area contributed by atoms with Crippen LogP contribution in [0.4, 0.5) is 0 Å². The number of phenolic OH excluding ortho intramolecular Hbond substituents is 1. The van der Waals surface area contributed by atoms with Gasteiger partial charge in [0.15, 0.2) is 9.84 Å². The van der Waals surface area contributed by atoms with Crippen LogP contribution < -0.4 is 5.43 Å². The Morgan fingerprint density at radius 2 is 2.05 bits per heavy atom. The van der Waals surface area contributed by atoms with E-state index in [1.54, 1.807) is 12.1 Å². The van der Waals surface area contributed by atoms with Gasteiger partial charge in [-0.15, -0.1) is 0 Å². The average Bonchev–Trinajstić information content (AvgIpc) is 2.72. The van der Waals surface area contributed by atoms with Gasteiger partial charge in [0.25, 0.3) is 0 Å². The molecule has 0 unspecified atom stereocenters.